The Kier molecular flexibility index (Phi) is 2.97. The fourth-order valence-corrected chi connectivity index (χ4v) is 2.52. The van der Waals surface area contributed by atoms with Gasteiger partial charge >= 0.3 is 0 Å². The quantitative estimate of drug-likeness (QED) is 0.638. The molecule has 0 aliphatic carbocycles. The highest BCUT2D eigenvalue weighted by Gasteiger charge is 2.13. The lowest BCUT2D eigenvalue weighted by Crippen LogP contribution is -1.88. The zero-order valence-corrected chi connectivity index (χ0v) is 11.9. The third-order valence-electron chi connectivity index (χ3n) is 2.66. The van der Waals surface area contributed by atoms with Crippen molar-refractivity contribution in [3.05, 3.63) is 51.7 Å². The molecule has 0 radical (unpaired) electrons. The largest absolute Gasteiger partial charge is 0.221 e. The maximum absolute atomic E-state index is 8.94. The summed E-state index contributed by atoms with van der Waals surface area (Å²) in [6.45, 7) is 0. The van der Waals surface area contributed by atoms with Crippen LogP contribution in [0.3, 0.4) is 0 Å². The summed E-state index contributed by atoms with van der Waals surface area (Å²) in [5.41, 5.74) is 2.82. The SMILES string of the molecule is N#Cc1cccc(-c2nn3ccc(Cl)nc3c2Br)c1. The minimum absolute atomic E-state index is 0.408. The molecule has 92 valence electrons. The third kappa shape index (κ3) is 2.09. The smallest absolute Gasteiger partial charge is 0.171 e. The molecule has 2 aromatic heterocycles. The summed E-state index contributed by atoms with van der Waals surface area (Å²) in [6.07, 6.45) is 1.74. The van der Waals surface area contributed by atoms with Crippen molar-refractivity contribution in [3.63, 3.8) is 0 Å². The van der Waals surface area contributed by atoms with Crippen molar-refractivity contribution in [1.82, 2.24) is 14.6 Å². The summed E-state index contributed by atoms with van der Waals surface area (Å²) in [6, 6.07) is 11.0. The number of hydrogen-bond acceptors (Lipinski definition) is 3. The van der Waals surface area contributed by atoms with Crippen LogP contribution in [0.25, 0.3) is 16.9 Å². The van der Waals surface area contributed by atoms with Crippen LogP contribution in [0.5, 0.6) is 0 Å². The zero-order chi connectivity index (χ0) is 13.4. The molecule has 2 heterocycles. The Bertz CT molecular complexity index is 819. The first-order valence-electron chi connectivity index (χ1n) is 5.40. The minimum Gasteiger partial charge on any atom is -0.221 e. The van der Waals surface area contributed by atoms with Gasteiger partial charge in [0.25, 0.3) is 0 Å². The van der Waals surface area contributed by atoms with E-state index < -0.39 is 0 Å². The maximum Gasteiger partial charge on any atom is 0.171 e. The molecule has 0 spiro atoms. The van der Waals surface area contributed by atoms with Gasteiger partial charge < -0.3 is 0 Å². The number of nitriles is 1. The van der Waals surface area contributed by atoms with E-state index in [1.165, 1.54) is 0 Å². The van der Waals surface area contributed by atoms with Crippen molar-refractivity contribution in [2.75, 3.05) is 0 Å². The standard InChI is InChI=1S/C13H6BrClN4/c14-11-12(9-3-1-2-8(6-9)7-16)18-19-5-4-10(15)17-13(11)19/h1-6H. The van der Waals surface area contributed by atoms with Crippen LogP contribution in [0, 0.1) is 11.3 Å². The first kappa shape index (κ1) is 12.2. The van der Waals surface area contributed by atoms with Crippen molar-refractivity contribution in [1.29, 1.82) is 5.26 Å². The van der Waals surface area contributed by atoms with Crippen molar-refractivity contribution in [2.24, 2.45) is 0 Å². The van der Waals surface area contributed by atoms with Gasteiger partial charge in [0.15, 0.2) is 5.65 Å². The van der Waals surface area contributed by atoms with E-state index in [0.717, 1.165) is 15.7 Å². The number of fused-ring (bicyclic) bond motifs is 1. The van der Waals surface area contributed by atoms with Crippen LogP contribution < -0.4 is 0 Å². The van der Waals surface area contributed by atoms with Gasteiger partial charge in [-0.2, -0.15) is 10.4 Å². The van der Waals surface area contributed by atoms with E-state index >= 15 is 0 Å². The molecule has 6 heteroatoms. The van der Waals surface area contributed by atoms with Gasteiger partial charge in [-0.3, -0.25) is 0 Å². The number of hydrogen-bond donors (Lipinski definition) is 0. The highest BCUT2D eigenvalue weighted by molar-refractivity contribution is 9.10. The molecule has 0 amide bonds. The fourth-order valence-electron chi connectivity index (χ4n) is 1.80. The van der Waals surface area contributed by atoms with E-state index in [9.17, 15) is 0 Å². The number of aromatic nitrogens is 3. The molecule has 0 N–H and O–H groups in total. The average Bonchev–Trinajstić information content (AvgIpc) is 2.76. The Morgan fingerprint density at radius 2 is 2.16 bits per heavy atom. The lowest BCUT2D eigenvalue weighted by molar-refractivity contribution is 0.943. The summed E-state index contributed by atoms with van der Waals surface area (Å²) in [5.74, 6) is 0. The van der Waals surface area contributed by atoms with Gasteiger partial charge in [0, 0.05) is 11.8 Å². The summed E-state index contributed by atoms with van der Waals surface area (Å²) in [7, 11) is 0. The van der Waals surface area contributed by atoms with Crippen LogP contribution in [0.2, 0.25) is 5.15 Å². The molecule has 3 rings (SSSR count). The fraction of sp³-hybridized carbons (Fsp3) is 0. The van der Waals surface area contributed by atoms with Crippen LogP contribution in [0.15, 0.2) is 41.0 Å². The molecule has 0 aliphatic heterocycles. The molecule has 0 fully saturated rings. The lowest BCUT2D eigenvalue weighted by Gasteiger charge is -1.97. The summed E-state index contributed by atoms with van der Waals surface area (Å²) < 4.78 is 2.40. The molecule has 19 heavy (non-hydrogen) atoms. The van der Waals surface area contributed by atoms with Gasteiger partial charge in [0.1, 0.15) is 10.8 Å². The summed E-state index contributed by atoms with van der Waals surface area (Å²) >= 11 is 9.36. The van der Waals surface area contributed by atoms with Crippen molar-refractivity contribution >= 4 is 33.2 Å². The van der Waals surface area contributed by atoms with E-state index in [1.54, 1.807) is 28.9 Å². The summed E-state index contributed by atoms with van der Waals surface area (Å²) in [5, 5.41) is 13.8. The van der Waals surface area contributed by atoms with E-state index in [1.807, 2.05) is 12.1 Å². The van der Waals surface area contributed by atoms with E-state index in [4.69, 9.17) is 16.9 Å². The molecule has 0 atom stereocenters. The molecule has 0 unspecified atom stereocenters. The first-order valence-corrected chi connectivity index (χ1v) is 6.57. The molecule has 3 aromatic rings. The molecular formula is C13H6BrClN4. The second-order valence-electron chi connectivity index (χ2n) is 3.87. The maximum atomic E-state index is 8.94. The normalized spacial score (nSPS) is 10.6. The Morgan fingerprint density at radius 1 is 1.32 bits per heavy atom. The Labute approximate surface area is 122 Å². The molecule has 1 aromatic carbocycles. The number of benzene rings is 1. The summed E-state index contributed by atoms with van der Waals surface area (Å²) in [4.78, 5) is 4.22. The van der Waals surface area contributed by atoms with Crippen LogP contribution in [0.4, 0.5) is 0 Å². The highest BCUT2D eigenvalue weighted by Crippen LogP contribution is 2.30. The molecule has 0 saturated carbocycles. The van der Waals surface area contributed by atoms with Gasteiger partial charge in [-0.25, -0.2) is 9.50 Å². The van der Waals surface area contributed by atoms with Crippen molar-refractivity contribution < 1.29 is 0 Å². The molecule has 0 saturated heterocycles. The molecule has 4 nitrogen and oxygen atoms in total. The Morgan fingerprint density at radius 3 is 2.95 bits per heavy atom. The Hall–Kier alpha value is -1.90. The van der Waals surface area contributed by atoms with Gasteiger partial charge in [0.05, 0.1) is 16.1 Å². The van der Waals surface area contributed by atoms with Crippen molar-refractivity contribution in [2.45, 2.75) is 0 Å². The first-order chi connectivity index (χ1) is 9.19. The zero-order valence-electron chi connectivity index (χ0n) is 9.51. The Balaban J connectivity index is 2.25. The molecular weight excluding hydrogens is 328 g/mol. The van der Waals surface area contributed by atoms with E-state index in [-0.39, 0.29) is 0 Å². The lowest BCUT2D eigenvalue weighted by atomic mass is 10.1. The van der Waals surface area contributed by atoms with Crippen LogP contribution in [0.1, 0.15) is 5.56 Å². The monoisotopic (exact) mass is 332 g/mol. The van der Waals surface area contributed by atoms with Crippen molar-refractivity contribution in [3.8, 4) is 17.3 Å². The predicted molar refractivity (Wildman–Crippen MR) is 75.8 cm³/mol. The highest BCUT2D eigenvalue weighted by atomic mass is 79.9. The van der Waals surface area contributed by atoms with Gasteiger partial charge in [-0.1, -0.05) is 23.7 Å². The molecule has 0 bridgehead atoms. The topological polar surface area (TPSA) is 54.0 Å². The number of rotatable bonds is 1. The van der Waals surface area contributed by atoms with Crippen LogP contribution in [-0.2, 0) is 0 Å². The van der Waals surface area contributed by atoms with Gasteiger partial charge in [-0.15, -0.1) is 0 Å². The van der Waals surface area contributed by atoms with Crippen LogP contribution >= 0.6 is 27.5 Å². The van der Waals surface area contributed by atoms with Gasteiger partial charge in [-0.05, 0) is 34.1 Å². The number of nitrogens with zero attached hydrogens (tertiary/aromatic N) is 4. The molecule has 0 aliphatic rings. The average molecular weight is 334 g/mol. The second-order valence-corrected chi connectivity index (χ2v) is 5.05. The second kappa shape index (κ2) is 4.65. The number of halogens is 2. The van der Waals surface area contributed by atoms with Crippen LogP contribution in [-0.4, -0.2) is 14.6 Å². The van der Waals surface area contributed by atoms with E-state index in [0.29, 0.717) is 16.4 Å². The minimum atomic E-state index is 0.408. The third-order valence-corrected chi connectivity index (χ3v) is 3.60. The van der Waals surface area contributed by atoms with Gasteiger partial charge in [0.2, 0.25) is 0 Å². The van der Waals surface area contributed by atoms with E-state index in [2.05, 4.69) is 32.1 Å². The predicted octanol–water partition coefficient (Wildman–Crippen LogP) is 3.68.